The van der Waals surface area contributed by atoms with Gasteiger partial charge in [0.2, 0.25) is 0 Å². The first-order chi connectivity index (χ1) is 7.08. The molecule has 5 N–H and O–H groups in total. The number of hydrogen-bond acceptors (Lipinski definition) is 4. The van der Waals surface area contributed by atoms with Crippen LogP contribution in [0.5, 0.6) is 0 Å². The van der Waals surface area contributed by atoms with Gasteiger partial charge in [0.25, 0.3) is 0 Å². The summed E-state index contributed by atoms with van der Waals surface area (Å²) in [4.78, 5) is 0. The molecule has 4 nitrogen and oxygen atoms in total. The molecule has 0 aliphatic rings. The van der Waals surface area contributed by atoms with Crippen LogP contribution in [0.15, 0.2) is 11.3 Å². The fraction of sp³-hybridized carbons (Fsp3) is 0.636. The molecule has 0 radical (unpaired) electrons. The highest BCUT2D eigenvalue weighted by atomic mass is 14.9. The topological polar surface area (TPSA) is 85.8 Å². The minimum Gasteiger partial charge on any atom is -0.389 e. The van der Waals surface area contributed by atoms with E-state index in [2.05, 4.69) is 5.32 Å². The molecule has 0 fully saturated rings. The second-order valence-corrected chi connectivity index (χ2v) is 3.65. The summed E-state index contributed by atoms with van der Waals surface area (Å²) in [6, 6.07) is -0.0901. The zero-order valence-corrected chi connectivity index (χ0v) is 9.80. The quantitative estimate of drug-likeness (QED) is 0.480. The highest BCUT2D eigenvalue weighted by molar-refractivity contribution is 5.77. The van der Waals surface area contributed by atoms with Crippen molar-refractivity contribution >= 4 is 12.4 Å². The molecule has 2 atom stereocenters. The van der Waals surface area contributed by atoms with Crippen molar-refractivity contribution < 1.29 is 0 Å². The number of nitrogens with two attached hydrogens (primary N) is 1. The Morgan fingerprint density at radius 3 is 2.47 bits per heavy atom. The molecule has 0 aromatic heterocycles. The number of nitrogens with one attached hydrogen (secondary N) is 3. The Balaban J connectivity index is 4.72. The fourth-order valence-electron chi connectivity index (χ4n) is 1.52. The lowest BCUT2D eigenvalue weighted by Gasteiger charge is -2.21. The summed E-state index contributed by atoms with van der Waals surface area (Å²) in [5.41, 5.74) is 7.84. The van der Waals surface area contributed by atoms with Crippen LogP contribution < -0.4 is 11.1 Å². The van der Waals surface area contributed by atoms with Gasteiger partial charge in [0.05, 0.1) is 0 Å². The predicted octanol–water partition coefficient (Wildman–Crippen LogP) is 1.52. The van der Waals surface area contributed by atoms with E-state index in [1.807, 2.05) is 20.8 Å². The minimum absolute atomic E-state index is 0.0901. The average molecular weight is 210 g/mol. The zero-order valence-electron chi connectivity index (χ0n) is 9.80. The van der Waals surface area contributed by atoms with Gasteiger partial charge >= 0.3 is 0 Å². The van der Waals surface area contributed by atoms with Crippen molar-refractivity contribution in [3.05, 3.63) is 11.3 Å². The fourth-order valence-corrected chi connectivity index (χ4v) is 1.52. The molecule has 2 unspecified atom stereocenters. The standard InChI is InChI=1S/C11H22N4/c1-4-15-9(3)10(7-13)8(2)11(14)5-6-12/h6-8,11-13,15H,4-5,14H2,1-3H3/b10-9+,12-6?,13-7?. The van der Waals surface area contributed by atoms with Gasteiger partial charge in [-0.1, -0.05) is 6.92 Å². The molecule has 0 amide bonds. The molecule has 0 saturated carbocycles. The molecule has 0 heterocycles. The first-order valence-electron chi connectivity index (χ1n) is 5.28. The van der Waals surface area contributed by atoms with E-state index in [1.54, 1.807) is 0 Å². The van der Waals surface area contributed by atoms with E-state index in [1.165, 1.54) is 12.4 Å². The van der Waals surface area contributed by atoms with Crippen LogP contribution in [0.25, 0.3) is 0 Å². The molecule has 0 rings (SSSR count). The maximum atomic E-state index is 7.39. The van der Waals surface area contributed by atoms with Crippen molar-refractivity contribution in [2.45, 2.75) is 33.2 Å². The van der Waals surface area contributed by atoms with Gasteiger partial charge in [-0.15, -0.1) is 0 Å². The number of rotatable bonds is 7. The summed E-state index contributed by atoms with van der Waals surface area (Å²) in [6.45, 7) is 6.82. The third kappa shape index (κ3) is 4.25. The molecule has 0 saturated heterocycles. The lowest BCUT2D eigenvalue weighted by Crippen LogP contribution is -2.31. The van der Waals surface area contributed by atoms with Crippen LogP contribution in [0, 0.1) is 16.7 Å². The summed E-state index contributed by atoms with van der Waals surface area (Å²) < 4.78 is 0. The van der Waals surface area contributed by atoms with E-state index in [0.29, 0.717) is 6.42 Å². The molecule has 0 aromatic rings. The Bertz CT molecular complexity index is 245. The lowest BCUT2D eigenvalue weighted by molar-refractivity contribution is 0.539. The molecular weight excluding hydrogens is 188 g/mol. The van der Waals surface area contributed by atoms with Crippen LogP contribution in [-0.2, 0) is 0 Å². The van der Waals surface area contributed by atoms with Crippen molar-refractivity contribution in [2.75, 3.05) is 6.54 Å². The monoisotopic (exact) mass is 210 g/mol. The van der Waals surface area contributed by atoms with Gasteiger partial charge in [0.15, 0.2) is 0 Å². The van der Waals surface area contributed by atoms with Crippen LogP contribution >= 0.6 is 0 Å². The summed E-state index contributed by atoms with van der Waals surface area (Å²) in [6.07, 6.45) is 3.23. The summed E-state index contributed by atoms with van der Waals surface area (Å²) in [5.74, 6) is 0.100. The Labute approximate surface area is 92.0 Å². The Morgan fingerprint density at radius 2 is 2.07 bits per heavy atom. The van der Waals surface area contributed by atoms with Crippen molar-refractivity contribution in [3.63, 3.8) is 0 Å². The number of allylic oxidation sites excluding steroid dienone is 1. The molecule has 0 spiro atoms. The second-order valence-electron chi connectivity index (χ2n) is 3.65. The Hall–Kier alpha value is -1.16. The van der Waals surface area contributed by atoms with Crippen LogP contribution in [0.1, 0.15) is 27.2 Å². The highest BCUT2D eigenvalue weighted by Gasteiger charge is 2.16. The molecule has 0 aliphatic carbocycles. The Kier molecular flexibility index (Phi) is 6.62. The molecule has 86 valence electrons. The Morgan fingerprint density at radius 1 is 1.47 bits per heavy atom. The average Bonchev–Trinajstić information content (AvgIpc) is 2.19. The summed E-state index contributed by atoms with van der Waals surface area (Å²) >= 11 is 0. The van der Waals surface area contributed by atoms with Crippen LogP contribution in [0.4, 0.5) is 0 Å². The van der Waals surface area contributed by atoms with E-state index < -0.39 is 0 Å². The van der Waals surface area contributed by atoms with Gasteiger partial charge in [-0.2, -0.15) is 0 Å². The first kappa shape index (κ1) is 13.8. The summed E-state index contributed by atoms with van der Waals surface area (Å²) in [5, 5.41) is 17.6. The largest absolute Gasteiger partial charge is 0.389 e. The molecule has 15 heavy (non-hydrogen) atoms. The smallest absolute Gasteiger partial charge is 0.0230 e. The van der Waals surface area contributed by atoms with Gasteiger partial charge < -0.3 is 21.9 Å². The van der Waals surface area contributed by atoms with Crippen molar-refractivity contribution in [3.8, 4) is 0 Å². The maximum Gasteiger partial charge on any atom is 0.0230 e. The van der Waals surface area contributed by atoms with Gasteiger partial charge in [0.1, 0.15) is 0 Å². The molecule has 0 bridgehead atoms. The summed E-state index contributed by atoms with van der Waals surface area (Å²) in [7, 11) is 0. The molecule has 0 aliphatic heterocycles. The third-order valence-corrected chi connectivity index (χ3v) is 2.55. The predicted molar refractivity (Wildman–Crippen MR) is 65.7 cm³/mol. The van der Waals surface area contributed by atoms with E-state index in [0.717, 1.165) is 17.8 Å². The van der Waals surface area contributed by atoms with Crippen molar-refractivity contribution in [1.29, 1.82) is 10.8 Å². The molecular formula is C11H22N4. The SMILES string of the molecule is CCN/C(C)=C(\C=N)C(C)C(N)CC=N. The second kappa shape index (κ2) is 7.17. The van der Waals surface area contributed by atoms with E-state index in [4.69, 9.17) is 16.6 Å². The zero-order chi connectivity index (χ0) is 11.8. The number of hydrogen-bond donors (Lipinski definition) is 4. The van der Waals surface area contributed by atoms with Gasteiger partial charge in [-0.3, -0.25) is 0 Å². The highest BCUT2D eigenvalue weighted by Crippen LogP contribution is 2.16. The van der Waals surface area contributed by atoms with Crippen LogP contribution in [0.3, 0.4) is 0 Å². The van der Waals surface area contributed by atoms with Gasteiger partial charge in [0, 0.05) is 24.5 Å². The first-order valence-corrected chi connectivity index (χ1v) is 5.28. The minimum atomic E-state index is -0.0901. The third-order valence-electron chi connectivity index (χ3n) is 2.55. The van der Waals surface area contributed by atoms with E-state index in [-0.39, 0.29) is 12.0 Å². The molecule has 4 heteroatoms. The van der Waals surface area contributed by atoms with Crippen LogP contribution in [-0.4, -0.2) is 25.0 Å². The van der Waals surface area contributed by atoms with E-state index >= 15 is 0 Å². The van der Waals surface area contributed by atoms with Crippen molar-refractivity contribution in [2.24, 2.45) is 11.7 Å². The molecule has 0 aromatic carbocycles. The van der Waals surface area contributed by atoms with Gasteiger partial charge in [-0.25, -0.2) is 0 Å². The van der Waals surface area contributed by atoms with E-state index in [9.17, 15) is 0 Å². The maximum absolute atomic E-state index is 7.39. The lowest BCUT2D eigenvalue weighted by atomic mass is 9.91. The van der Waals surface area contributed by atoms with Crippen LogP contribution in [0.2, 0.25) is 0 Å². The van der Waals surface area contributed by atoms with Crippen molar-refractivity contribution in [1.82, 2.24) is 5.32 Å². The van der Waals surface area contributed by atoms with Gasteiger partial charge in [-0.05, 0) is 38.0 Å². The normalized spacial score (nSPS) is 16.3.